The van der Waals surface area contributed by atoms with Crippen LogP contribution in [0.5, 0.6) is 0 Å². The number of benzene rings is 1. The molecule has 1 fully saturated rings. The molecule has 1 aliphatic heterocycles. The lowest BCUT2D eigenvalue weighted by Gasteiger charge is -2.14. The Morgan fingerprint density at radius 2 is 2.38 bits per heavy atom. The highest BCUT2D eigenvalue weighted by molar-refractivity contribution is 6.24. The van der Waals surface area contributed by atoms with Gasteiger partial charge in [-0.15, -0.1) is 0 Å². The molecule has 1 aromatic heterocycles. The summed E-state index contributed by atoms with van der Waals surface area (Å²) in [5, 5.41) is 9.02. The van der Waals surface area contributed by atoms with Gasteiger partial charge in [0.25, 0.3) is 5.91 Å². The number of aromatic nitrogens is 2. The van der Waals surface area contributed by atoms with Crippen molar-refractivity contribution in [2.75, 3.05) is 33.4 Å². The first kappa shape index (κ1) is 17.2. The molecular weight excluding hydrogens is 328 g/mol. The lowest BCUT2D eigenvalue weighted by atomic mass is 10.0. The Bertz CT molecular complexity index is 725. The SMILES string of the molecule is COCCN(Cl)C(=O)c1ccc2nn(C[C@H]3CCNC3)cc2c1C. The number of carbonyl (C=O) groups excluding carboxylic acids is 1. The van der Waals surface area contributed by atoms with Crippen LogP contribution in [0.3, 0.4) is 0 Å². The van der Waals surface area contributed by atoms with Crippen LogP contribution in [0, 0.1) is 12.8 Å². The van der Waals surface area contributed by atoms with Gasteiger partial charge in [-0.3, -0.25) is 9.48 Å². The molecule has 130 valence electrons. The maximum atomic E-state index is 12.5. The van der Waals surface area contributed by atoms with Crippen molar-refractivity contribution in [3.63, 3.8) is 0 Å². The predicted molar refractivity (Wildman–Crippen MR) is 94.2 cm³/mol. The van der Waals surface area contributed by atoms with E-state index < -0.39 is 0 Å². The van der Waals surface area contributed by atoms with Crippen molar-refractivity contribution in [3.8, 4) is 0 Å². The van der Waals surface area contributed by atoms with Crippen LogP contribution in [0.1, 0.15) is 22.3 Å². The molecule has 0 saturated carbocycles. The molecule has 2 heterocycles. The van der Waals surface area contributed by atoms with Gasteiger partial charge in [-0.05, 0) is 50.0 Å². The van der Waals surface area contributed by atoms with Gasteiger partial charge in [-0.1, -0.05) is 0 Å². The molecule has 1 aromatic carbocycles. The molecule has 2 aromatic rings. The smallest absolute Gasteiger partial charge is 0.268 e. The van der Waals surface area contributed by atoms with Crippen LogP contribution >= 0.6 is 11.8 Å². The first-order valence-corrected chi connectivity index (χ1v) is 8.58. The second-order valence-corrected chi connectivity index (χ2v) is 6.67. The maximum Gasteiger partial charge on any atom is 0.268 e. The number of methoxy groups -OCH3 is 1. The zero-order valence-electron chi connectivity index (χ0n) is 14.1. The number of hydrogen-bond donors (Lipinski definition) is 1. The standard InChI is InChI=1S/C17H23ClN4O2/c1-12-14(17(23)22(18)7-8-24-2)3-4-16-15(12)11-21(20-16)10-13-5-6-19-9-13/h3-4,11,13,19H,5-10H2,1-2H3/t13-/m0/s1. The van der Waals surface area contributed by atoms with E-state index in [4.69, 9.17) is 16.5 Å². The van der Waals surface area contributed by atoms with Crippen molar-refractivity contribution in [2.45, 2.75) is 19.9 Å². The van der Waals surface area contributed by atoms with E-state index >= 15 is 0 Å². The summed E-state index contributed by atoms with van der Waals surface area (Å²) < 4.78 is 8.13. The third-order valence-corrected chi connectivity index (χ3v) is 4.88. The summed E-state index contributed by atoms with van der Waals surface area (Å²) in [6.07, 6.45) is 3.22. The van der Waals surface area contributed by atoms with Gasteiger partial charge < -0.3 is 10.1 Å². The van der Waals surface area contributed by atoms with Crippen LogP contribution in [0.15, 0.2) is 18.3 Å². The van der Waals surface area contributed by atoms with E-state index in [1.54, 1.807) is 13.2 Å². The van der Waals surface area contributed by atoms with E-state index in [2.05, 4.69) is 10.4 Å². The first-order chi connectivity index (χ1) is 11.6. The number of fused-ring (bicyclic) bond motifs is 1. The number of hydrogen-bond acceptors (Lipinski definition) is 4. The van der Waals surface area contributed by atoms with Crippen molar-refractivity contribution in [1.82, 2.24) is 19.5 Å². The Morgan fingerprint density at radius 1 is 1.54 bits per heavy atom. The molecule has 1 saturated heterocycles. The Hall–Kier alpha value is -1.63. The summed E-state index contributed by atoms with van der Waals surface area (Å²) in [6.45, 7) is 5.72. The molecule has 1 amide bonds. The quantitative estimate of drug-likeness (QED) is 0.811. The third kappa shape index (κ3) is 3.55. The summed E-state index contributed by atoms with van der Waals surface area (Å²) in [7, 11) is 1.58. The predicted octanol–water partition coefficient (Wildman–Crippen LogP) is 2.20. The molecule has 1 N–H and O–H groups in total. The van der Waals surface area contributed by atoms with Crippen molar-refractivity contribution < 1.29 is 9.53 Å². The summed E-state index contributed by atoms with van der Waals surface area (Å²) >= 11 is 6.06. The molecule has 0 unspecified atom stereocenters. The molecule has 1 atom stereocenters. The van der Waals surface area contributed by atoms with Gasteiger partial charge in [0.2, 0.25) is 0 Å². The molecule has 0 bridgehead atoms. The average molecular weight is 351 g/mol. The maximum absolute atomic E-state index is 12.5. The lowest BCUT2D eigenvalue weighted by Crippen LogP contribution is -2.25. The van der Waals surface area contributed by atoms with Gasteiger partial charge in [0, 0.05) is 42.6 Å². The number of halogens is 1. The fraction of sp³-hybridized carbons (Fsp3) is 0.529. The van der Waals surface area contributed by atoms with Crippen molar-refractivity contribution >= 4 is 28.6 Å². The van der Waals surface area contributed by atoms with Crippen molar-refractivity contribution in [2.24, 2.45) is 5.92 Å². The van der Waals surface area contributed by atoms with Gasteiger partial charge in [0.15, 0.2) is 0 Å². The van der Waals surface area contributed by atoms with Crippen LogP contribution in [-0.4, -0.2) is 53.5 Å². The summed E-state index contributed by atoms with van der Waals surface area (Å²) in [4.78, 5) is 12.5. The zero-order chi connectivity index (χ0) is 17.1. The van der Waals surface area contributed by atoms with Crippen LogP contribution in [0.25, 0.3) is 10.9 Å². The number of amides is 1. The number of nitrogens with one attached hydrogen (secondary N) is 1. The number of rotatable bonds is 6. The highest BCUT2D eigenvalue weighted by Gasteiger charge is 2.19. The fourth-order valence-electron chi connectivity index (χ4n) is 3.14. The van der Waals surface area contributed by atoms with Crippen LogP contribution in [-0.2, 0) is 11.3 Å². The van der Waals surface area contributed by atoms with Crippen molar-refractivity contribution in [1.29, 1.82) is 0 Å². The van der Waals surface area contributed by atoms with E-state index in [1.807, 2.05) is 23.9 Å². The fourth-order valence-corrected chi connectivity index (χ4v) is 3.30. The normalized spacial score (nSPS) is 17.5. The van der Waals surface area contributed by atoms with Gasteiger partial charge >= 0.3 is 0 Å². The highest BCUT2D eigenvalue weighted by atomic mass is 35.5. The molecule has 0 radical (unpaired) electrons. The Labute approximate surface area is 146 Å². The molecule has 1 aliphatic rings. The number of carbonyl (C=O) groups is 1. The molecular formula is C17H23ClN4O2. The highest BCUT2D eigenvalue weighted by Crippen LogP contribution is 2.23. The van der Waals surface area contributed by atoms with Gasteiger partial charge in [0.05, 0.1) is 18.7 Å². The second kappa shape index (κ2) is 7.51. The minimum atomic E-state index is -0.208. The van der Waals surface area contributed by atoms with E-state index in [-0.39, 0.29) is 5.91 Å². The minimum absolute atomic E-state index is 0.208. The van der Waals surface area contributed by atoms with Crippen LogP contribution in [0.4, 0.5) is 0 Å². The number of ether oxygens (including phenoxy) is 1. The molecule has 6 nitrogen and oxygen atoms in total. The third-order valence-electron chi connectivity index (χ3n) is 4.56. The lowest BCUT2D eigenvalue weighted by molar-refractivity contribution is 0.0828. The summed E-state index contributed by atoms with van der Waals surface area (Å²) in [5.41, 5.74) is 2.43. The topological polar surface area (TPSA) is 59.4 Å². The molecule has 3 rings (SSSR count). The van der Waals surface area contributed by atoms with E-state index in [9.17, 15) is 4.79 Å². The first-order valence-electron chi connectivity index (χ1n) is 8.24. The van der Waals surface area contributed by atoms with Gasteiger partial charge in [-0.2, -0.15) is 5.10 Å². The molecule has 7 heteroatoms. The summed E-state index contributed by atoms with van der Waals surface area (Å²) in [6, 6.07) is 3.69. The van der Waals surface area contributed by atoms with Gasteiger partial charge in [-0.25, -0.2) is 4.42 Å². The largest absolute Gasteiger partial charge is 0.383 e. The van der Waals surface area contributed by atoms with Crippen LogP contribution in [0.2, 0.25) is 0 Å². The molecule has 24 heavy (non-hydrogen) atoms. The molecule has 0 spiro atoms. The van der Waals surface area contributed by atoms with Crippen LogP contribution < -0.4 is 5.32 Å². The van der Waals surface area contributed by atoms with Crippen molar-refractivity contribution in [3.05, 3.63) is 29.5 Å². The molecule has 0 aliphatic carbocycles. The second-order valence-electron chi connectivity index (χ2n) is 6.26. The van der Waals surface area contributed by atoms with E-state index in [0.29, 0.717) is 24.6 Å². The minimum Gasteiger partial charge on any atom is -0.383 e. The van der Waals surface area contributed by atoms with E-state index in [1.165, 1.54) is 10.8 Å². The monoisotopic (exact) mass is 350 g/mol. The van der Waals surface area contributed by atoms with E-state index in [0.717, 1.165) is 36.1 Å². The Morgan fingerprint density at radius 3 is 3.08 bits per heavy atom. The zero-order valence-corrected chi connectivity index (χ0v) is 14.8. The summed E-state index contributed by atoms with van der Waals surface area (Å²) in [5.74, 6) is 0.411. The average Bonchev–Trinajstić information content (AvgIpc) is 3.22. The Kier molecular flexibility index (Phi) is 5.38. The van der Waals surface area contributed by atoms with Gasteiger partial charge in [0.1, 0.15) is 0 Å². The number of nitrogens with zero attached hydrogens (tertiary/aromatic N) is 3. The number of aryl methyl sites for hydroxylation is 1. The Balaban J connectivity index is 1.82.